The molecule has 2 amide bonds. The van der Waals surface area contributed by atoms with Crippen LogP contribution in [0.25, 0.3) is 0 Å². The Bertz CT molecular complexity index is 981. The summed E-state index contributed by atoms with van der Waals surface area (Å²) in [6, 6.07) is 21.5. The second-order valence-electron chi connectivity index (χ2n) is 6.63. The second kappa shape index (κ2) is 10.1. The van der Waals surface area contributed by atoms with Gasteiger partial charge >= 0.3 is 0 Å². The van der Waals surface area contributed by atoms with Crippen LogP contribution in [-0.4, -0.2) is 25.0 Å². The van der Waals surface area contributed by atoms with Crippen molar-refractivity contribution < 1.29 is 19.1 Å². The van der Waals surface area contributed by atoms with Crippen molar-refractivity contribution in [2.45, 2.75) is 13.8 Å². The van der Waals surface area contributed by atoms with Crippen molar-refractivity contribution in [2.24, 2.45) is 0 Å². The standard InChI is InChI=1S/C24H24N2O4/c1-3-29-20-12-14-22(15-13-20)30-21-10-8-19(9-11-21)26-23(27)16-25-24(28)18-6-4-17(2)5-7-18/h4-15H,3,16H2,1-2H3,(H,25,28)(H,26,27). The third kappa shape index (κ3) is 6.10. The van der Waals surface area contributed by atoms with Gasteiger partial charge in [0.05, 0.1) is 13.2 Å². The van der Waals surface area contributed by atoms with E-state index in [4.69, 9.17) is 9.47 Å². The highest BCUT2D eigenvalue weighted by Gasteiger charge is 2.08. The first-order valence-electron chi connectivity index (χ1n) is 9.69. The van der Waals surface area contributed by atoms with Gasteiger partial charge in [-0.05, 0) is 74.5 Å². The van der Waals surface area contributed by atoms with E-state index in [1.165, 1.54) is 0 Å². The lowest BCUT2D eigenvalue weighted by Crippen LogP contribution is -2.32. The van der Waals surface area contributed by atoms with E-state index in [2.05, 4.69) is 10.6 Å². The van der Waals surface area contributed by atoms with Gasteiger partial charge in [-0.25, -0.2) is 0 Å². The minimum atomic E-state index is -0.310. The Labute approximate surface area is 175 Å². The molecule has 3 aromatic carbocycles. The number of rotatable bonds is 8. The van der Waals surface area contributed by atoms with Gasteiger partial charge < -0.3 is 20.1 Å². The summed E-state index contributed by atoms with van der Waals surface area (Å²) in [7, 11) is 0. The first kappa shape index (κ1) is 20.9. The zero-order valence-electron chi connectivity index (χ0n) is 17.0. The lowest BCUT2D eigenvalue weighted by molar-refractivity contribution is -0.115. The van der Waals surface area contributed by atoms with Crippen LogP contribution in [-0.2, 0) is 4.79 Å². The number of aryl methyl sites for hydroxylation is 1. The monoisotopic (exact) mass is 404 g/mol. The Morgan fingerprint density at radius 2 is 1.37 bits per heavy atom. The molecule has 0 aliphatic heterocycles. The van der Waals surface area contributed by atoms with Crippen LogP contribution in [0.3, 0.4) is 0 Å². The third-order valence-electron chi connectivity index (χ3n) is 4.23. The van der Waals surface area contributed by atoms with Crippen molar-refractivity contribution in [3.8, 4) is 17.2 Å². The molecule has 0 saturated heterocycles. The van der Waals surface area contributed by atoms with E-state index in [1.54, 1.807) is 36.4 Å². The average Bonchev–Trinajstić information content (AvgIpc) is 2.75. The summed E-state index contributed by atoms with van der Waals surface area (Å²) in [6.07, 6.45) is 0. The maximum absolute atomic E-state index is 12.1. The molecule has 0 aliphatic rings. The van der Waals surface area contributed by atoms with Crippen LogP contribution in [0.5, 0.6) is 17.2 Å². The molecule has 2 N–H and O–H groups in total. The summed E-state index contributed by atoms with van der Waals surface area (Å²) in [6.45, 7) is 4.38. The van der Waals surface area contributed by atoms with Crippen molar-refractivity contribution in [1.29, 1.82) is 0 Å². The summed E-state index contributed by atoms with van der Waals surface area (Å²) < 4.78 is 11.2. The zero-order valence-corrected chi connectivity index (χ0v) is 17.0. The maximum atomic E-state index is 12.1. The highest BCUT2D eigenvalue weighted by atomic mass is 16.5. The number of hydrogen-bond acceptors (Lipinski definition) is 4. The van der Waals surface area contributed by atoms with Crippen molar-refractivity contribution >= 4 is 17.5 Å². The molecule has 3 aromatic rings. The van der Waals surface area contributed by atoms with Gasteiger partial charge in [-0.2, -0.15) is 0 Å². The van der Waals surface area contributed by atoms with Crippen molar-refractivity contribution in [2.75, 3.05) is 18.5 Å². The number of anilines is 1. The Hall–Kier alpha value is -3.80. The molecule has 0 aromatic heterocycles. The summed E-state index contributed by atoms with van der Waals surface area (Å²) in [5.41, 5.74) is 2.20. The highest BCUT2D eigenvalue weighted by molar-refractivity contribution is 5.99. The van der Waals surface area contributed by atoms with Gasteiger partial charge in [0.15, 0.2) is 0 Å². The van der Waals surface area contributed by atoms with Gasteiger partial charge in [-0.1, -0.05) is 17.7 Å². The summed E-state index contributed by atoms with van der Waals surface area (Å²) in [5.74, 6) is 1.52. The van der Waals surface area contributed by atoms with E-state index >= 15 is 0 Å². The van der Waals surface area contributed by atoms with Crippen LogP contribution >= 0.6 is 0 Å². The number of ether oxygens (including phenoxy) is 2. The smallest absolute Gasteiger partial charge is 0.251 e. The maximum Gasteiger partial charge on any atom is 0.251 e. The molecule has 0 bridgehead atoms. The largest absolute Gasteiger partial charge is 0.494 e. The molecule has 0 saturated carbocycles. The molecule has 0 atom stereocenters. The van der Waals surface area contributed by atoms with E-state index in [0.29, 0.717) is 29.4 Å². The number of amides is 2. The SMILES string of the molecule is CCOc1ccc(Oc2ccc(NC(=O)CNC(=O)c3ccc(C)cc3)cc2)cc1. The molecular formula is C24H24N2O4. The highest BCUT2D eigenvalue weighted by Crippen LogP contribution is 2.25. The lowest BCUT2D eigenvalue weighted by atomic mass is 10.1. The van der Waals surface area contributed by atoms with Gasteiger partial charge in [0, 0.05) is 11.3 Å². The Morgan fingerprint density at radius 1 is 0.800 bits per heavy atom. The lowest BCUT2D eigenvalue weighted by Gasteiger charge is -2.10. The second-order valence-corrected chi connectivity index (χ2v) is 6.63. The molecule has 0 heterocycles. The number of carbonyl (C=O) groups is 2. The average molecular weight is 404 g/mol. The van der Waals surface area contributed by atoms with Crippen LogP contribution < -0.4 is 20.1 Å². The molecule has 154 valence electrons. The number of nitrogens with one attached hydrogen (secondary N) is 2. The molecule has 3 rings (SSSR count). The molecule has 6 nitrogen and oxygen atoms in total. The van der Waals surface area contributed by atoms with Crippen LogP contribution in [0.4, 0.5) is 5.69 Å². The number of carbonyl (C=O) groups excluding carboxylic acids is 2. The number of hydrogen-bond donors (Lipinski definition) is 2. The topological polar surface area (TPSA) is 76.7 Å². The predicted octanol–water partition coefficient (Wildman–Crippen LogP) is 4.55. The summed E-state index contributed by atoms with van der Waals surface area (Å²) in [5, 5.41) is 5.35. The van der Waals surface area contributed by atoms with Crippen LogP contribution in [0, 0.1) is 6.92 Å². The Morgan fingerprint density at radius 3 is 1.97 bits per heavy atom. The fourth-order valence-corrected chi connectivity index (χ4v) is 2.69. The van der Waals surface area contributed by atoms with Gasteiger partial charge in [0.25, 0.3) is 5.91 Å². The first-order chi connectivity index (χ1) is 14.5. The molecular weight excluding hydrogens is 380 g/mol. The third-order valence-corrected chi connectivity index (χ3v) is 4.23. The minimum absolute atomic E-state index is 0.114. The van der Waals surface area contributed by atoms with Crippen LogP contribution in [0.15, 0.2) is 72.8 Å². The molecule has 0 unspecified atom stereocenters. The van der Waals surface area contributed by atoms with Crippen molar-refractivity contribution in [3.63, 3.8) is 0 Å². The van der Waals surface area contributed by atoms with Crippen LogP contribution in [0.2, 0.25) is 0 Å². The number of benzene rings is 3. The van der Waals surface area contributed by atoms with E-state index in [-0.39, 0.29) is 18.4 Å². The predicted molar refractivity (Wildman–Crippen MR) is 116 cm³/mol. The zero-order chi connectivity index (χ0) is 21.3. The molecule has 0 radical (unpaired) electrons. The molecule has 0 spiro atoms. The van der Waals surface area contributed by atoms with E-state index < -0.39 is 0 Å². The van der Waals surface area contributed by atoms with Gasteiger partial charge in [-0.3, -0.25) is 9.59 Å². The Balaban J connectivity index is 1.48. The molecule has 30 heavy (non-hydrogen) atoms. The normalized spacial score (nSPS) is 10.2. The minimum Gasteiger partial charge on any atom is -0.494 e. The fraction of sp³-hybridized carbons (Fsp3) is 0.167. The summed E-state index contributed by atoms with van der Waals surface area (Å²) in [4.78, 5) is 24.2. The van der Waals surface area contributed by atoms with Gasteiger partial charge in [-0.15, -0.1) is 0 Å². The van der Waals surface area contributed by atoms with Crippen LogP contribution in [0.1, 0.15) is 22.8 Å². The molecule has 6 heteroatoms. The van der Waals surface area contributed by atoms with Gasteiger partial charge in [0.2, 0.25) is 5.91 Å². The fourth-order valence-electron chi connectivity index (χ4n) is 2.69. The molecule has 0 fully saturated rings. The van der Waals surface area contributed by atoms with Gasteiger partial charge in [0.1, 0.15) is 17.2 Å². The van der Waals surface area contributed by atoms with Crippen molar-refractivity contribution in [1.82, 2.24) is 5.32 Å². The van der Waals surface area contributed by atoms with E-state index in [0.717, 1.165) is 11.3 Å². The Kier molecular flexibility index (Phi) is 7.05. The van der Waals surface area contributed by atoms with Crippen molar-refractivity contribution in [3.05, 3.63) is 83.9 Å². The first-order valence-corrected chi connectivity index (χ1v) is 9.69. The quantitative estimate of drug-likeness (QED) is 0.577. The molecule has 0 aliphatic carbocycles. The summed E-state index contributed by atoms with van der Waals surface area (Å²) >= 11 is 0. The van der Waals surface area contributed by atoms with E-state index in [1.807, 2.05) is 50.2 Å². The van der Waals surface area contributed by atoms with E-state index in [9.17, 15) is 9.59 Å².